The van der Waals surface area contributed by atoms with Crippen LogP contribution in [0.2, 0.25) is 0 Å². The maximum atomic E-state index is 11.1. The van der Waals surface area contributed by atoms with Crippen molar-refractivity contribution in [1.82, 2.24) is 9.97 Å². The first kappa shape index (κ1) is 19.0. The molecule has 0 amide bonds. The number of carbonyl (C=O) groups excluding carboxylic acids is 2. The fourth-order valence-corrected chi connectivity index (χ4v) is 2.75. The van der Waals surface area contributed by atoms with Gasteiger partial charge in [0.2, 0.25) is 0 Å². The van der Waals surface area contributed by atoms with E-state index >= 15 is 0 Å². The maximum absolute atomic E-state index is 11.1. The zero-order valence-corrected chi connectivity index (χ0v) is 15.0. The molecule has 126 valence electrons. The molecule has 2 N–H and O–H groups in total. The van der Waals surface area contributed by atoms with E-state index in [-0.39, 0.29) is 5.97 Å². The molecule has 0 saturated carbocycles. The van der Waals surface area contributed by atoms with Crippen molar-refractivity contribution in [2.45, 2.75) is 27.7 Å². The van der Waals surface area contributed by atoms with Crippen molar-refractivity contribution in [2.24, 2.45) is 0 Å². The van der Waals surface area contributed by atoms with Crippen molar-refractivity contribution in [2.75, 3.05) is 18.9 Å². The van der Waals surface area contributed by atoms with Crippen LogP contribution >= 0.6 is 22.7 Å². The molecular weight excluding hydrogens is 338 g/mol. The van der Waals surface area contributed by atoms with Crippen molar-refractivity contribution >= 4 is 39.7 Å². The molecule has 0 saturated heterocycles. The molecule has 0 spiro atoms. The summed E-state index contributed by atoms with van der Waals surface area (Å²) in [5, 5.41) is 0.399. The van der Waals surface area contributed by atoms with Crippen LogP contribution in [0.1, 0.15) is 44.6 Å². The van der Waals surface area contributed by atoms with E-state index in [0.29, 0.717) is 29.7 Å². The lowest BCUT2D eigenvalue weighted by atomic mass is 10.4. The molecule has 0 aliphatic rings. The number of aromatic nitrogens is 2. The van der Waals surface area contributed by atoms with Gasteiger partial charge < -0.3 is 15.2 Å². The summed E-state index contributed by atoms with van der Waals surface area (Å²) in [5.74, 6) is -0.728. The van der Waals surface area contributed by atoms with E-state index in [0.717, 1.165) is 9.75 Å². The first-order chi connectivity index (χ1) is 10.9. The van der Waals surface area contributed by atoms with Crippen molar-refractivity contribution in [1.29, 1.82) is 0 Å². The quantitative estimate of drug-likeness (QED) is 0.839. The SMILES string of the molecule is CCOC(=O)c1nc(N)sc1C.CCOC(=O)c1ncsc1C. The number of thiazole rings is 2. The first-order valence-electron chi connectivity index (χ1n) is 6.87. The minimum Gasteiger partial charge on any atom is -0.461 e. The Balaban J connectivity index is 0.000000231. The van der Waals surface area contributed by atoms with Gasteiger partial charge in [-0.25, -0.2) is 19.6 Å². The standard InChI is InChI=1S/C7H10N2O2S.C7H9NO2S/c1-3-11-6(10)5-4(2)12-7(8)9-5;1-3-10-7(9)6-5(2)11-4-8-6/h3H2,1-2H3,(H2,8,9);4H,3H2,1-2H3. The van der Waals surface area contributed by atoms with Crippen LogP contribution in [0.5, 0.6) is 0 Å². The predicted octanol–water partition coefficient (Wildman–Crippen LogP) is 2.84. The number of ether oxygens (including phenoxy) is 2. The summed E-state index contributed by atoms with van der Waals surface area (Å²) in [4.78, 5) is 31.6. The molecule has 9 heteroatoms. The van der Waals surface area contributed by atoms with E-state index < -0.39 is 5.97 Å². The number of esters is 2. The Bertz CT molecular complexity index is 667. The summed E-state index contributed by atoms with van der Waals surface area (Å²) >= 11 is 2.74. The van der Waals surface area contributed by atoms with Gasteiger partial charge in [-0.15, -0.1) is 22.7 Å². The monoisotopic (exact) mass is 357 g/mol. The predicted molar refractivity (Wildman–Crippen MR) is 90.0 cm³/mol. The lowest BCUT2D eigenvalue weighted by Crippen LogP contribution is -2.06. The normalized spacial score (nSPS) is 9.74. The van der Waals surface area contributed by atoms with Gasteiger partial charge in [0.1, 0.15) is 0 Å². The second kappa shape index (κ2) is 9.21. The number of rotatable bonds is 4. The fraction of sp³-hybridized carbons (Fsp3) is 0.429. The molecule has 2 rings (SSSR count). The van der Waals surface area contributed by atoms with Gasteiger partial charge in [0.05, 0.1) is 18.7 Å². The number of hydrogen-bond acceptors (Lipinski definition) is 9. The Hall–Kier alpha value is -2.00. The highest BCUT2D eigenvalue weighted by Gasteiger charge is 2.14. The highest BCUT2D eigenvalue weighted by molar-refractivity contribution is 7.15. The number of nitrogen functional groups attached to an aromatic ring is 1. The number of nitrogens with zero attached hydrogens (tertiary/aromatic N) is 2. The highest BCUT2D eigenvalue weighted by atomic mass is 32.1. The van der Waals surface area contributed by atoms with Crippen LogP contribution in [-0.2, 0) is 9.47 Å². The smallest absolute Gasteiger partial charge is 0.358 e. The number of hydrogen-bond donors (Lipinski definition) is 1. The zero-order valence-electron chi connectivity index (χ0n) is 13.4. The third-order valence-corrected chi connectivity index (χ3v) is 4.05. The summed E-state index contributed by atoms with van der Waals surface area (Å²) in [6.07, 6.45) is 0. The molecule has 0 bridgehead atoms. The number of carbonyl (C=O) groups is 2. The van der Waals surface area contributed by atoms with Crippen LogP contribution in [-0.4, -0.2) is 35.1 Å². The van der Waals surface area contributed by atoms with E-state index in [1.165, 1.54) is 22.7 Å². The molecule has 2 aromatic heterocycles. The Morgan fingerprint density at radius 3 is 2.04 bits per heavy atom. The van der Waals surface area contributed by atoms with Gasteiger partial charge in [0.15, 0.2) is 16.5 Å². The summed E-state index contributed by atoms with van der Waals surface area (Å²) in [6, 6.07) is 0. The highest BCUT2D eigenvalue weighted by Crippen LogP contribution is 2.19. The first-order valence-corrected chi connectivity index (χ1v) is 8.57. The Labute approximate surface area is 142 Å². The molecule has 0 fully saturated rings. The second-order valence-electron chi connectivity index (χ2n) is 4.15. The van der Waals surface area contributed by atoms with Crippen LogP contribution in [0.25, 0.3) is 0 Å². The van der Waals surface area contributed by atoms with E-state index in [2.05, 4.69) is 9.97 Å². The molecule has 2 aromatic rings. The number of nitrogens with two attached hydrogens (primary N) is 1. The molecule has 0 aliphatic heterocycles. The van der Waals surface area contributed by atoms with Crippen molar-refractivity contribution in [3.8, 4) is 0 Å². The van der Waals surface area contributed by atoms with Gasteiger partial charge in [-0.05, 0) is 27.7 Å². The van der Waals surface area contributed by atoms with Gasteiger partial charge in [-0.3, -0.25) is 0 Å². The summed E-state index contributed by atoms with van der Waals surface area (Å²) in [5.41, 5.74) is 7.83. The minimum absolute atomic E-state index is 0.328. The van der Waals surface area contributed by atoms with E-state index in [1.54, 1.807) is 26.3 Å². The second-order valence-corrected chi connectivity index (χ2v) is 6.45. The third-order valence-electron chi connectivity index (χ3n) is 2.50. The third kappa shape index (κ3) is 5.61. The minimum atomic E-state index is -0.400. The van der Waals surface area contributed by atoms with Crippen molar-refractivity contribution in [3.63, 3.8) is 0 Å². The Kier molecular flexibility index (Phi) is 7.63. The molecule has 0 radical (unpaired) electrons. The average Bonchev–Trinajstić information content (AvgIpc) is 3.05. The van der Waals surface area contributed by atoms with Crippen LogP contribution in [0.15, 0.2) is 5.51 Å². The number of aryl methyl sites for hydroxylation is 2. The van der Waals surface area contributed by atoms with Crippen LogP contribution in [0, 0.1) is 13.8 Å². The molecule has 23 heavy (non-hydrogen) atoms. The average molecular weight is 357 g/mol. The molecule has 0 atom stereocenters. The van der Waals surface area contributed by atoms with Gasteiger partial charge >= 0.3 is 11.9 Å². The van der Waals surface area contributed by atoms with Crippen LogP contribution in [0.4, 0.5) is 5.13 Å². The van der Waals surface area contributed by atoms with E-state index in [4.69, 9.17) is 15.2 Å². The largest absolute Gasteiger partial charge is 0.461 e. The zero-order chi connectivity index (χ0) is 17.4. The van der Waals surface area contributed by atoms with Gasteiger partial charge in [0.25, 0.3) is 0 Å². The summed E-state index contributed by atoms with van der Waals surface area (Å²) < 4.78 is 9.54. The lowest BCUT2D eigenvalue weighted by molar-refractivity contribution is 0.0510. The number of anilines is 1. The van der Waals surface area contributed by atoms with E-state index in [9.17, 15) is 9.59 Å². The Morgan fingerprint density at radius 2 is 1.65 bits per heavy atom. The molecule has 7 nitrogen and oxygen atoms in total. The molecular formula is C14H19N3O4S2. The Morgan fingerprint density at radius 1 is 1.09 bits per heavy atom. The van der Waals surface area contributed by atoms with Crippen LogP contribution in [0.3, 0.4) is 0 Å². The van der Waals surface area contributed by atoms with Crippen molar-refractivity contribution in [3.05, 3.63) is 26.7 Å². The van der Waals surface area contributed by atoms with Gasteiger partial charge in [-0.2, -0.15) is 0 Å². The van der Waals surface area contributed by atoms with Crippen molar-refractivity contribution < 1.29 is 19.1 Å². The van der Waals surface area contributed by atoms with E-state index in [1.807, 2.05) is 6.92 Å². The summed E-state index contributed by atoms with van der Waals surface area (Å²) in [6.45, 7) is 7.93. The topological polar surface area (TPSA) is 104 Å². The molecule has 0 unspecified atom stereocenters. The molecule has 2 heterocycles. The summed E-state index contributed by atoms with van der Waals surface area (Å²) in [7, 11) is 0. The van der Waals surface area contributed by atoms with Gasteiger partial charge in [0, 0.05) is 9.75 Å². The molecule has 0 aliphatic carbocycles. The fourth-order valence-electron chi connectivity index (χ4n) is 1.51. The lowest BCUT2D eigenvalue weighted by Gasteiger charge is -1.97. The molecule has 0 aromatic carbocycles. The van der Waals surface area contributed by atoms with Gasteiger partial charge in [-0.1, -0.05) is 0 Å². The maximum Gasteiger partial charge on any atom is 0.358 e. The van der Waals surface area contributed by atoms with Crippen LogP contribution < -0.4 is 5.73 Å².